The normalized spacial score (nSPS) is 25.4. The Morgan fingerprint density at radius 1 is 1.14 bits per heavy atom. The second kappa shape index (κ2) is 4.13. The van der Waals surface area contributed by atoms with E-state index in [1.807, 2.05) is 28.8 Å². The predicted molar refractivity (Wildman–Crippen MR) is 74.2 cm³/mol. The van der Waals surface area contributed by atoms with Crippen molar-refractivity contribution in [2.24, 2.45) is 0 Å². The van der Waals surface area contributed by atoms with Crippen LogP contribution < -0.4 is 0 Å². The minimum Gasteiger partial charge on any atom is -0.387 e. The molecule has 0 spiro atoms. The first-order valence-corrected chi connectivity index (χ1v) is 7.22. The van der Waals surface area contributed by atoms with Crippen molar-refractivity contribution < 1.29 is 13.9 Å². The van der Waals surface area contributed by atoms with Gasteiger partial charge in [-0.2, -0.15) is 0 Å². The van der Waals surface area contributed by atoms with Crippen molar-refractivity contribution in [2.75, 3.05) is 0 Å². The lowest BCUT2D eigenvalue weighted by Crippen LogP contribution is -2.44. The molecule has 0 bridgehead atoms. The molecular weight excluding hydrogens is 274 g/mol. The molecule has 0 amide bonds. The minimum absolute atomic E-state index is 0.108. The third-order valence-electron chi connectivity index (χ3n) is 4.83. The third-order valence-corrected chi connectivity index (χ3v) is 4.83. The lowest BCUT2D eigenvalue weighted by molar-refractivity contribution is -0.116. The van der Waals surface area contributed by atoms with Crippen LogP contribution in [-0.2, 0) is 0 Å². The highest BCUT2D eigenvalue weighted by Gasteiger charge is 2.50. The van der Waals surface area contributed by atoms with Crippen LogP contribution in [0.5, 0.6) is 0 Å². The van der Waals surface area contributed by atoms with E-state index in [4.69, 9.17) is 0 Å². The molecular formula is C16H16F2N2O. The van der Waals surface area contributed by atoms with E-state index in [1.54, 1.807) is 12.5 Å². The van der Waals surface area contributed by atoms with E-state index < -0.39 is 11.5 Å². The average molecular weight is 290 g/mol. The van der Waals surface area contributed by atoms with E-state index in [-0.39, 0.29) is 31.7 Å². The van der Waals surface area contributed by atoms with Gasteiger partial charge < -0.3 is 9.67 Å². The van der Waals surface area contributed by atoms with Gasteiger partial charge in [-0.3, -0.25) is 0 Å². The molecule has 1 atom stereocenters. The summed E-state index contributed by atoms with van der Waals surface area (Å²) in [4.78, 5) is 4.15. The molecule has 1 aliphatic carbocycles. The number of alkyl halides is 2. The standard InChI is InChI=1S/C16H16F2N2O/c17-16(18)7-5-15(21,6-8-16)14-12-4-2-1-3-11(12)13-9-19-10-20(13)14/h1-4,9-10,14,21H,5-8H2/t14-/m1/s1. The van der Waals surface area contributed by atoms with Gasteiger partial charge in [0.05, 0.1) is 29.9 Å². The van der Waals surface area contributed by atoms with Gasteiger partial charge in [0.2, 0.25) is 5.92 Å². The molecule has 5 heteroatoms. The average Bonchev–Trinajstić information content (AvgIpc) is 3.03. The van der Waals surface area contributed by atoms with Crippen molar-refractivity contribution >= 4 is 0 Å². The van der Waals surface area contributed by atoms with Crippen molar-refractivity contribution in [2.45, 2.75) is 43.2 Å². The summed E-state index contributed by atoms with van der Waals surface area (Å²) in [7, 11) is 0. The van der Waals surface area contributed by atoms with E-state index in [2.05, 4.69) is 4.98 Å². The summed E-state index contributed by atoms with van der Waals surface area (Å²) in [6.07, 6.45) is 3.15. The fourth-order valence-electron chi connectivity index (χ4n) is 3.71. The summed E-state index contributed by atoms with van der Waals surface area (Å²) in [6.45, 7) is 0. The zero-order valence-electron chi connectivity index (χ0n) is 11.5. The second-order valence-electron chi connectivity index (χ2n) is 6.14. The number of benzene rings is 1. The van der Waals surface area contributed by atoms with E-state index in [0.29, 0.717) is 0 Å². The van der Waals surface area contributed by atoms with E-state index in [9.17, 15) is 13.9 Å². The van der Waals surface area contributed by atoms with Gasteiger partial charge in [0.1, 0.15) is 0 Å². The van der Waals surface area contributed by atoms with Gasteiger partial charge in [-0.1, -0.05) is 24.3 Å². The first-order chi connectivity index (χ1) is 10.0. The molecule has 0 unspecified atom stereocenters. The van der Waals surface area contributed by atoms with Crippen LogP contribution in [0.1, 0.15) is 37.3 Å². The molecule has 110 valence electrons. The number of halogens is 2. The third kappa shape index (κ3) is 1.83. The van der Waals surface area contributed by atoms with E-state index in [0.717, 1.165) is 16.8 Å². The zero-order chi connectivity index (χ0) is 14.7. The molecule has 3 nitrogen and oxygen atoms in total. The molecule has 0 saturated heterocycles. The van der Waals surface area contributed by atoms with Crippen LogP contribution in [0.3, 0.4) is 0 Å². The second-order valence-corrected chi connectivity index (χ2v) is 6.14. The summed E-state index contributed by atoms with van der Waals surface area (Å²) in [5.41, 5.74) is 1.85. The Morgan fingerprint density at radius 2 is 1.86 bits per heavy atom. The van der Waals surface area contributed by atoms with Gasteiger partial charge in [-0.15, -0.1) is 0 Å². The number of hydrogen-bond donors (Lipinski definition) is 1. The molecule has 1 N–H and O–H groups in total. The highest BCUT2D eigenvalue weighted by atomic mass is 19.3. The molecule has 1 aliphatic heterocycles. The first kappa shape index (κ1) is 13.0. The van der Waals surface area contributed by atoms with Crippen LogP contribution in [0.25, 0.3) is 11.3 Å². The topological polar surface area (TPSA) is 38.1 Å². The maximum absolute atomic E-state index is 13.4. The monoisotopic (exact) mass is 290 g/mol. The van der Waals surface area contributed by atoms with Crippen molar-refractivity contribution in [3.05, 3.63) is 42.4 Å². The molecule has 2 heterocycles. The van der Waals surface area contributed by atoms with Gasteiger partial charge in [0.25, 0.3) is 0 Å². The molecule has 4 rings (SSSR count). The quantitative estimate of drug-likeness (QED) is 0.874. The van der Waals surface area contributed by atoms with Crippen LogP contribution in [0.4, 0.5) is 8.78 Å². The molecule has 21 heavy (non-hydrogen) atoms. The number of aromatic nitrogens is 2. The predicted octanol–water partition coefficient (Wildman–Crippen LogP) is 3.39. The number of hydrogen-bond acceptors (Lipinski definition) is 2. The number of nitrogens with zero attached hydrogens (tertiary/aromatic N) is 2. The molecule has 1 aromatic heterocycles. The van der Waals surface area contributed by atoms with E-state index >= 15 is 0 Å². The van der Waals surface area contributed by atoms with Crippen LogP contribution in [0.2, 0.25) is 0 Å². The van der Waals surface area contributed by atoms with Crippen LogP contribution in [0.15, 0.2) is 36.8 Å². The zero-order valence-corrected chi connectivity index (χ0v) is 11.5. The Morgan fingerprint density at radius 3 is 2.62 bits per heavy atom. The fraction of sp³-hybridized carbons (Fsp3) is 0.438. The molecule has 2 aromatic rings. The molecule has 1 aromatic carbocycles. The fourth-order valence-corrected chi connectivity index (χ4v) is 3.71. The summed E-state index contributed by atoms with van der Waals surface area (Å²) in [6, 6.07) is 7.51. The summed E-state index contributed by atoms with van der Waals surface area (Å²) < 4.78 is 28.8. The minimum atomic E-state index is -2.65. The van der Waals surface area contributed by atoms with E-state index in [1.165, 1.54) is 0 Å². The van der Waals surface area contributed by atoms with Crippen LogP contribution >= 0.6 is 0 Å². The highest BCUT2D eigenvalue weighted by Crippen LogP contribution is 2.51. The van der Waals surface area contributed by atoms with Crippen LogP contribution in [-0.4, -0.2) is 26.2 Å². The Balaban J connectivity index is 1.79. The molecule has 1 fully saturated rings. The lowest BCUT2D eigenvalue weighted by Gasteiger charge is -2.41. The van der Waals surface area contributed by atoms with Gasteiger partial charge in [-0.25, -0.2) is 13.8 Å². The van der Waals surface area contributed by atoms with Gasteiger partial charge in [0.15, 0.2) is 0 Å². The largest absolute Gasteiger partial charge is 0.387 e. The Labute approximate surface area is 121 Å². The number of fused-ring (bicyclic) bond motifs is 3. The van der Waals surface area contributed by atoms with Crippen molar-refractivity contribution in [1.82, 2.24) is 9.55 Å². The Bertz CT molecular complexity index is 685. The lowest BCUT2D eigenvalue weighted by atomic mass is 9.75. The van der Waals surface area contributed by atoms with Crippen molar-refractivity contribution in [3.63, 3.8) is 0 Å². The molecule has 1 saturated carbocycles. The number of imidazole rings is 1. The van der Waals surface area contributed by atoms with Gasteiger partial charge in [-0.05, 0) is 18.4 Å². The van der Waals surface area contributed by atoms with Crippen molar-refractivity contribution in [1.29, 1.82) is 0 Å². The number of rotatable bonds is 1. The Kier molecular flexibility index (Phi) is 2.55. The maximum Gasteiger partial charge on any atom is 0.248 e. The summed E-state index contributed by atoms with van der Waals surface area (Å²) in [5.74, 6) is -2.65. The summed E-state index contributed by atoms with van der Waals surface area (Å²) in [5, 5.41) is 11.0. The SMILES string of the molecule is OC1([C@H]2c3ccccc3-c3cncn32)CCC(F)(F)CC1. The Hall–Kier alpha value is -1.75. The summed E-state index contributed by atoms with van der Waals surface area (Å²) >= 11 is 0. The number of aliphatic hydroxyl groups is 1. The highest BCUT2D eigenvalue weighted by molar-refractivity contribution is 5.69. The van der Waals surface area contributed by atoms with Gasteiger partial charge >= 0.3 is 0 Å². The van der Waals surface area contributed by atoms with Gasteiger partial charge in [0, 0.05) is 18.4 Å². The van der Waals surface area contributed by atoms with Crippen molar-refractivity contribution in [3.8, 4) is 11.3 Å². The first-order valence-electron chi connectivity index (χ1n) is 7.22. The smallest absolute Gasteiger partial charge is 0.248 e. The van der Waals surface area contributed by atoms with Crippen LogP contribution in [0, 0.1) is 0 Å². The molecule has 0 radical (unpaired) electrons. The molecule has 2 aliphatic rings. The maximum atomic E-state index is 13.4.